The van der Waals surface area contributed by atoms with E-state index in [1.165, 1.54) is 11.1 Å². The Morgan fingerprint density at radius 2 is 2.25 bits per heavy atom. The van der Waals surface area contributed by atoms with Gasteiger partial charge in [0.25, 0.3) is 0 Å². The quantitative estimate of drug-likeness (QED) is 0.866. The normalized spacial score (nSPS) is 21.6. The highest BCUT2D eigenvalue weighted by Gasteiger charge is 2.26. The number of alkyl halides is 1. The Morgan fingerprint density at radius 1 is 1.50 bits per heavy atom. The second kappa shape index (κ2) is 6.59. The molecule has 0 radical (unpaired) electrons. The highest BCUT2D eigenvalue weighted by molar-refractivity contribution is 6.21. The fourth-order valence-electron chi connectivity index (χ4n) is 2.93. The van der Waals surface area contributed by atoms with E-state index < -0.39 is 5.97 Å². The summed E-state index contributed by atoms with van der Waals surface area (Å²) in [5, 5.41) is 9.04. The number of aliphatic carboxylic acids is 1. The van der Waals surface area contributed by atoms with E-state index in [9.17, 15) is 4.79 Å². The number of rotatable bonds is 4. The van der Waals surface area contributed by atoms with Crippen LogP contribution in [0.5, 0.6) is 0 Å². The first-order chi connectivity index (χ1) is 9.47. The third kappa shape index (κ3) is 3.74. The molecule has 1 aromatic rings. The van der Waals surface area contributed by atoms with Crippen molar-refractivity contribution in [1.29, 1.82) is 0 Å². The summed E-state index contributed by atoms with van der Waals surface area (Å²) in [6, 6.07) is 6.30. The minimum Gasteiger partial charge on any atom is -0.481 e. The Kier molecular flexibility index (Phi) is 5.06. The van der Waals surface area contributed by atoms with Crippen molar-refractivity contribution in [3.63, 3.8) is 0 Å². The predicted octanol–water partition coefficient (Wildman–Crippen LogP) is 3.38. The van der Waals surface area contributed by atoms with Crippen LogP contribution in [-0.2, 0) is 4.79 Å². The van der Waals surface area contributed by atoms with E-state index in [4.69, 9.17) is 16.7 Å². The maximum atomic E-state index is 11.1. The van der Waals surface area contributed by atoms with Gasteiger partial charge in [-0.15, -0.1) is 11.6 Å². The number of carboxylic acids is 1. The van der Waals surface area contributed by atoms with Crippen LogP contribution in [0.4, 0.5) is 0 Å². The Morgan fingerprint density at radius 3 is 2.90 bits per heavy atom. The Bertz CT molecular complexity index is 489. The van der Waals surface area contributed by atoms with E-state index >= 15 is 0 Å². The third-order valence-electron chi connectivity index (χ3n) is 4.04. The molecule has 110 valence electrons. The summed E-state index contributed by atoms with van der Waals surface area (Å²) in [4.78, 5) is 13.3. The fourth-order valence-corrected chi connectivity index (χ4v) is 3.37. The molecule has 4 heteroatoms. The maximum Gasteiger partial charge on any atom is 0.307 e. The SMILES string of the molecule is Cc1ccc(C(Cl)CN2CCCC(C(=O)O)C2)c(C)c1. The molecule has 0 saturated carbocycles. The fraction of sp³-hybridized carbons (Fsp3) is 0.562. The Balaban J connectivity index is 2.00. The number of carbonyl (C=O) groups is 1. The largest absolute Gasteiger partial charge is 0.481 e. The van der Waals surface area contributed by atoms with Crippen molar-refractivity contribution in [3.05, 3.63) is 34.9 Å². The van der Waals surface area contributed by atoms with Crippen molar-refractivity contribution in [2.75, 3.05) is 19.6 Å². The predicted molar refractivity (Wildman–Crippen MR) is 81.3 cm³/mol. The van der Waals surface area contributed by atoms with Gasteiger partial charge in [-0.2, -0.15) is 0 Å². The van der Waals surface area contributed by atoms with Crippen LogP contribution in [0.3, 0.4) is 0 Å². The van der Waals surface area contributed by atoms with Crippen LogP contribution in [0.2, 0.25) is 0 Å². The average molecular weight is 296 g/mol. The van der Waals surface area contributed by atoms with E-state index in [-0.39, 0.29) is 11.3 Å². The van der Waals surface area contributed by atoms with E-state index in [1.54, 1.807) is 0 Å². The van der Waals surface area contributed by atoms with Gasteiger partial charge in [0.05, 0.1) is 11.3 Å². The van der Waals surface area contributed by atoms with Gasteiger partial charge in [0, 0.05) is 13.1 Å². The van der Waals surface area contributed by atoms with Gasteiger partial charge in [0.15, 0.2) is 0 Å². The number of nitrogens with zero attached hydrogens (tertiary/aromatic N) is 1. The van der Waals surface area contributed by atoms with E-state index in [2.05, 4.69) is 36.9 Å². The minimum absolute atomic E-state index is 0.0804. The summed E-state index contributed by atoms with van der Waals surface area (Å²) in [5.41, 5.74) is 3.59. The van der Waals surface area contributed by atoms with Crippen molar-refractivity contribution in [3.8, 4) is 0 Å². The van der Waals surface area contributed by atoms with Gasteiger partial charge in [-0.25, -0.2) is 0 Å². The molecule has 0 aromatic heterocycles. The first-order valence-corrected chi connectivity index (χ1v) is 7.57. The molecule has 0 spiro atoms. The molecule has 2 rings (SSSR count). The van der Waals surface area contributed by atoms with Gasteiger partial charge >= 0.3 is 5.97 Å². The molecule has 1 aliphatic rings. The zero-order valence-corrected chi connectivity index (χ0v) is 12.9. The van der Waals surface area contributed by atoms with Crippen molar-refractivity contribution >= 4 is 17.6 Å². The van der Waals surface area contributed by atoms with Crippen LogP contribution in [0.25, 0.3) is 0 Å². The number of likely N-dealkylation sites (tertiary alicyclic amines) is 1. The molecule has 2 atom stereocenters. The lowest BCUT2D eigenvalue weighted by Crippen LogP contribution is -2.40. The second-order valence-corrected chi connectivity index (χ2v) is 6.29. The summed E-state index contributed by atoms with van der Waals surface area (Å²) in [6.45, 7) is 6.42. The molecule has 1 saturated heterocycles. The van der Waals surface area contributed by atoms with Gasteiger partial charge in [-0.1, -0.05) is 23.8 Å². The second-order valence-electron chi connectivity index (χ2n) is 5.76. The number of aryl methyl sites for hydroxylation is 2. The molecule has 0 aliphatic carbocycles. The first-order valence-electron chi connectivity index (χ1n) is 7.13. The van der Waals surface area contributed by atoms with Gasteiger partial charge in [0.2, 0.25) is 0 Å². The Labute approximate surface area is 125 Å². The van der Waals surface area contributed by atoms with Gasteiger partial charge in [0.1, 0.15) is 0 Å². The highest BCUT2D eigenvalue weighted by Crippen LogP contribution is 2.27. The molecular formula is C16H22ClNO2. The van der Waals surface area contributed by atoms with Gasteiger partial charge in [-0.05, 0) is 44.4 Å². The smallest absolute Gasteiger partial charge is 0.307 e. The number of hydrogen-bond acceptors (Lipinski definition) is 2. The molecule has 3 nitrogen and oxygen atoms in total. The summed E-state index contributed by atoms with van der Waals surface area (Å²) in [7, 11) is 0. The number of piperidine rings is 1. The number of hydrogen-bond donors (Lipinski definition) is 1. The first kappa shape index (κ1) is 15.3. The summed E-state index contributed by atoms with van der Waals surface area (Å²) in [6.07, 6.45) is 1.72. The van der Waals surface area contributed by atoms with Crippen molar-refractivity contribution in [1.82, 2.24) is 4.90 Å². The monoisotopic (exact) mass is 295 g/mol. The summed E-state index contributed by atoms with van der Waals surface area (Å²) in [5.74, 6) is -0.931. The zero-order chi connectivity index (χ0) is 14.7. The van der Waals surface area contributed by atoms with Crippen LogP contribution in [0.15, 0.2) is 18.2 Å². The van der Waals surface area contributed by atoms with Crippen LogP contribution < -0.4 is 0 Å². The summed E-state index contributed by atoms with van der Waals surface area (Å²) >= 11 is 6.54. The maximum absolute atomic E-state index is 11.1. The summed E-state index contributed by atoms with van der Waals surface area (Å²) < 4.78 is 0. The molecule has 1 fully saturated rings. The average Bonchev–Trinajstić information content (AvgIpc) is 2.38. The van der Waals surface area contributed by atoms with Crippen LogP contribution >= 0.6 is 11.6 Å². The minimum atomic E-state index is -0.688. The van der Waals surface area contributed by atoms with Gasteiger partial charge in [-0.3, -0.25) is 4.79 Å². The molecular weight excluding hydrogens is 274 g/mol. The molecule has 1 heterocycles. The topological polar surface area (TPSA) is 40.5 Å². The number of carboxylic acid groups (broad SMARTS) is 1. The molecule has 0 amide bonds. The number of benzene rings is 1. The lowest BCUT2D eigenvalue weighted by molar-refractivity contribution is -0.143. The molecule has 2 unspecified atom stereocenters. The molecule has 0 bridgehead atoms. The van der Waals surface area contributed by atoms with Crippen LogP contribution in [0, 0.1) is 19.8 Å². The van der Waals surface area contributed by atoms with Crippen molar-refractivity contribution < 1.29 is 9.90 Å². The standard InChI is InChI=1S/C16H22ClNO2/c1-11-5-6-14(12(2)8-11)15(17)10-18-7-3-4-13(9-18)16(19)20/h5-6,8,13,15H,3-4,7,9-10H2,1-2H3,(H,19,20). The van der Waals surface area contributed by atoms with Crippen LogP contribution in [0.1, 0.15) is 34.9 Å². The van der Waals surface area contributed by atoms with Crippen molar-refractivity contribution in [2.24, 2.45) is 5.92 Å². The molecule has 20 heavy (non-hydrogen) atoms. The number of halogens is 1. The Hall–Kier alpha value is -1.06. The zero-order valence-electron chi connectivity index (χ0n) is 12.1. The lowest BCUT2D eigenvalue weighted by Gasteiger charge is -2.32. The van der Waals surface area contributed by atoms with Gasteiger partial charge < -0.3 is 10.0 Å². The highest BCUT2D eigenvalue weighted by atomic mass is 35.5. The van der Waals surface area contributed by atoms with E-state index in [1.807, 2.05) is 0 Å². The third-order valence-corrected chi connectivity index (χ3v) is 4.41. The van der Waals surface area contributed by atoms with Crippen LogP contribution in [-0.4, -0.2) is 35.6 Å². The van der Waals surface area contributed by atoms with Crippen molar-refractivity contribution in [2.45, 2.75) is 32.1 Å². The lowest BCUT2D eigenvalue weighted by atomic mass is 9.97. The molecule has 1 aromatic carbocycles. The van der Waals surface area contributed by atoms with E-state index in [0.717, 1.165) is 31.5 Å². The molecule has 1 N–H and O–H groups in total. The molecule has 1 aliphatic heterocycles. The van der Waals surface area contributed by atoms with E-state index in [0.29, 0.717) is 6.54 Å².